The molecule has 0 radical (unpaired) electrons. The van der Waals surface area contributed by atoms with E-state index in [0.717, 1.165) is 22.2 Å². The van der Waals surface area contributed by atoms with Gasteiger partial charge in [0.05, 0.1) is 11.8 Å². The summed E-state index contributed by atoms with van der Waals surface area (Å²) in [4.78, 5) is 27.3. The molecule has 24 heavy (non-hydrogen) atoms. The van der Waals surface area contributed by atoms with Crippen molar-refractivity contribution >= 4 is 22.8 Å². The molecule has 1 aliphatic rings. The largest absolute Gasteiger partial charge is 0.481 e. The van der Waals surface area contributed by atoms with Gasteiger partial charge in [-0.05, 0) is 31.4 Å². The van der Waals surface area contributed by atoms with Crippen molar-refractivity contribution in [3.63, 3.8) is 0 Å². The summed E-state index contributed by atoms with van der Waals surface area (Å²) in [6.45, 7) is 2.93. The molecule has 0 spiro atoms. The lowest BCUT2D eigenvalue weighted by molar-refractivity contribution is -0.154. The highest BCUT2D eigenvalue weighted by Crippen LogP contribution is 2.30. The van der Waals surface area contributed by atoms with Crippen LogP contribution in [0.2, 0.25) is 0 Å². The van der Waals surface area contributed by atoms with E-state index in [1.165, 1.54) is 0 Å². The molecule has 3 rings (SSSR count). The Morgan fingerprint density at radius 2 is 2.00 bits per heavy atom. The summed E-state index contributed by atoms with van der Waals surface area (Å²) in [5.41, 5.74) is 2.01. The van der Waals surface area contributed by atoms with Crippen LogP contribution in [0.4, 0.5) is 0 Å². The molecule has 6 nitrogen and oxygen atoms in total. The van der Waals surface area contributed by atoms with Crippen LogP contribution in [0.1, 0.15) is 24.1 Å². The topological polar surface area (TPSA) is 91.4 Å². The van der Waals surface area contributed by atoms with Gasteiger partial charge in [-0.3, -0.25) is 9.59 Å². The molecule has 3 N–H and O–H groups in total. The molecule has 1 aromatic heterocycles. The Balaban J connectivity index is 1.69. The lowest BCUT2D eigenvalue weighted by Gasteiger charge is -2.33. The van der Waals surface area contributed by atoms with Crippen molar-refractivity contribution in [1.82, 2.24) is 10.3 Å². The molecule has 0 saturated carbocycles. The minimum absolute atomic E-state index is 0.145. The van der Waals surface area contributed by atoms with Crippen molar-refractivity contribution in [2.24, 2.45) is 5.41 Å². The number of fused-ring (bicyclic) bond motifs is 1. The van der Waals surface area contributed by atoms with E-state index in [0.29, 0.717) is 26.1 Å². The van der Waals surface area contributed by atoms with E-state index >= 15 is 0 Å². The van der Waals surface area contributed by atoms with Gasteiger partial charge in [-0.2, -0.15) is 0 Å². The van der Waals surface area contributed by atoms with Crippen LogP contribution in [0.15, 0.2) is 24.3 Å². The summed E-state index contributed by atoms with van der Waals surface area (Å²) < 4.78 is 5.25. The second kappa shape index (κ2) is 6.65. The number of amides is 1. The fourth-order valence-electron chi connectivity index (χ4n) is 3.28. The monoisotopic (exact) mass is 330 g/mol. The number of ether oxygens (including phenoxy) is 1. The lowest BCUT2D eigenvalue weighted by atomic mass is 9.80. The number of H-pyrrole nitrogens is 1. The standard InChI is InChI=1S/C18H22N2O4/c1-12-14(13-4-2-3-5-15(13)20-12)10-16(21)19-11-18(17(22)23)6-8-24-9-7-18/h2-5,20H,6-11H2,1H3,(H,19,21)(H,22,23). The highest BCUT2D eigenvalue weighted by molar-refractivity contribution is 5.90. The third kappa shape index (κ3) is 3.14. The van der Waals surface area contributed by atoms with Gasteiger partial charge in [0.1, 0.15) is 0 Å². The smallest absolute Gasteiger partial charge is 0.311 e. The van der Waals surface area contributed by atoms with Crippen molar-refractivity contribution < 1.29 is 19.4 Å². The van der Waals surface area contributed by atoms with Crippen LogP contribution < -0.4 is 5.32 Å². The number of aliphatic carboxylic acids is 1. The average Bonchev–Trinajstić information content (AvgIpc) is 2.89. The fraction of sp³-hybridized carbons (Fsp3) is 0.444. The third-order valence-electron chi connectivity index (χ3n) is 4.89. The molecule has 128 valence electrons. The number of aromatic nitrogens is 1. The minimum Gasteiger partial charge on any atom is -0.481 e. The molecule has 1 fully saturated rings. The molecule has 1 aromatic carbocycles. The van der Waals surface area contributed by atoms with Gasteiger partial charge in [0.2, 0.25) is 5.91 Å². The molecule has 2 aromatic rings. The van der Waals surface area contributed by atoms with Crippen LogP contribution in [-0.4, -0.2) is 41.7 Å². The Kier molecular flexibility index (Phi) is 4.57. The number of carbonyl (C=O) groups excluding carboxylic acids is 1. The summed E-state index contributed by atoms with van der Waals surface area (Å²) >= 11 is 0. The van der Waals surface area contributed by atoms with Gasteiger partial charge in [-0.15, -0.1) is 0 Å². The first-order valence-electron chi connectivity index (χ1n) is 8.16. The quantitative estimate of drug-likeness (QED) is 0.782. The highest BCUT2D eigenvalue weighted by Gasteiger charge is 2.40. The second-order valence-corrected chi connectivity index (χ2v) is 6.43. The number of benzene rings is 1. The predicted octanol–water partition coefficient (Wildman–Crippen LogP) is 2.02. The maximum absolute atomic E-state index is 12.4. The highest BCUT2D eigenvalue weighted by atomic mass is 16.5. The first-order chi connectivity index (χ1) is 11.5. The van der Waals surface area contributed by atoms with E-state index in [1.807, 2.05) is 31.2 Å². The van der Waals surface area contributed by atoms with Crippen LogP contribution in [-0.2, 0) is 20.7 Å². The summed E-state index contributed by atoms with van der Waals surface area (Å²) in [6, 6.07) is 7.85. The van der Waals surface area contributed by atoms with E-state index in [2.05, 4.69) is 10.3 Å². The van der Waals surface area contributed by atoms with E-state index in [1.54, 1.807) is 0 Å². The lowest BCUT2D eigenvalue weighted by Crippen LogP contribution is -2.46. The van der Waals surface area contributed by atoms with Crippen LogP contribution in [0, 0.1) is 12.3 Å². The van der Waals surface area contributed by atoms with E-state index < -0.39 is 11.4 Å². The number of aryl methyl sites for hydroxylation is 1. The molecule has 6 heteroatoms. The van der Waals surface area contributed by atoms with Gasteiger partial charge in [-0.25, -0.2) is 0 Å². The zero-order valence-corrected chi connectivity index (χ0v) is 13.7. The van der Waals surface area contributed by atoms with Gasteiger partial charge in [0, 0.05) is 36.4 Å². The number of rotatable bonds is 5. The molecule has 0 bridgehead atoms. The van der Waals surface area contributed by atoms with E-state index in [-0.39, 0.29) is 18.9 Å². The van der Waals surface area contributed by atoms with Crippen molar-refractivity contribution in [3.8, 4) is 0 Å². The number of carboxylic acid groups (broad SMARTS) is 1. The van der Waals surface area contributed by atoms with Crippen molar-refractivity contribution in [3.05, 3.63) is 35.5 Å². The maximum atomic E-state index is 12.4. The summed E-state index contributed by atoms with van der Waals surface area (Å²) in [5.74, 6) is -1.02. The van der Waals surface area contributed by atoms with Gasteiger partial charge in [0.25, 0.3) is 0 Å². The molecule has 0 atom stereocenters. The van der Waals surface area contributed by atoms with Crippen LogP contribution in [0.5, 0.6) is 0 Å². The Morgan fingerprint density at radius 1 is 1.29 bits per heavy atom. The zero-order chi connectivity index (χ0) is 17.2. The van der Waals surface area contributed by atoms with E-state index in [4.69, 9.17) is 4.74 Å². The first-order valence-corrected chi connectivity index (χ1v) is 8.16. The third-order valence-corrected chi connectivity index (χ3v) is 4.89. The Bertz CT molecular complexity index is 759. The molecule has 1 aliphatic heterocycles. The van der Waals surface area contributed by atoms with Gasteiger partial charge < -0.3 is 20.1 Å². The number of carboxylic acids is 1. The Hall–Kier alpha value is -2.34. The van der Waals surface area contributed by atoms with Crippen LogP contribution >= 0.6 is 0 Å². The molecule has 2 heterocycles. The molecule has 1 saturated heterocycles. The number of hydrogen-bond donors (Lipinski definition) is 3. The molecule has 0 aliphatic carbocycles. The van der Waals surface area contributed by atoms with Crippen LogP contribution in [0.25, 0.3) is 10.9 Å². The molecule has 1 amide bonds. The fourth-order valence-corrected chi connectivity index (χ4v) is 3.28. The maximum Gasteiger partial charge on any atom is 0.311 e. The zero-order valence-electron chi connectivity index (χ0n) is 13.7. The predicted molar refractivity (Wildman–Crippen MR) is 89.9 cm³/mol. The molecular weight excluding hydrogens is 308 g/mol. The summed E-state index contributed by atoms with van der Waals surface area (Å²) in [6.07, 6.45) is 1.09. The summed E-state index contributed by atoms with van der Waals surface area (Å²) in [7, 11) is 0. The SMILES string of the molecule is Cc1[nH]c2ccccc2c1CC(=O)NCC1(C(=O)O)CCOCC1. The van der Waals surface area contributed by atoms with Crippen molar-refractivity contribution in [2.45, 2.75) is 26.2 Å². The van der Waals surface area contributed by atoms with Gasteiger partial charge in [0.15, 0.2) is 0 Å². The average molecular weight is 330 g/mol. The Morgan fingerprint density at radius 3 is 2.71 bits per heavy atom. The van der Waals surface area contributed by atoms with Crippen molar-refractivity contribution in [2.75, 3.05) is 19.8 Å². The van der Waals surface area contributed by atoms with Crippen LogP contribution in [0.3, 0.4) is 0 Å². The normalized spacial score (nSPS) is 16.9. The van der Waals surface area contributed by atoms with Crippen molar-refractivity contribution in [1.29, 1.82) is 0 Å². The number of nitrogens with one attached hydrogen (secondary N) is 2. The first kappa shape index (κ1) is 16.5. The minimum atomic E-state index is -0.914. The Labute approximate surface area is 140 Å². The number of para-hydroxylation sites is 1. The number of aromatic amines is 1. The van der Waals surface area contributed by atoms with Gasteiger partial charge >= 0.3 is 5.97 Å². The molecule has 0 unspecified atom stereocenters. The second-order valence-electron chi connectivity index (χ2n) is 6.43. The van der Waals surface area contributed by atoms with E-state index in [9.17, 15) is 14.7 Å². The molecular formula is C18H22N2O4. The number of carbonyl (C=O) groups is 2. The number of hydrogen-bond acceptors (Lipinski definition) is 3. The van der Waals surface area contributed by atoms with Gasteiger partial charge in [-0.1, -0.05) is 18.2 Å². The summed E-state index contributed by atoms with van der Waals surface area (Å²) in [5, 5.41) is 13.4.